The van der Waals surface area contributed by atoms with Gasteiger partial charge in [-0.2, -0.15) is 5.10 Å². The summed E-state index contributed by atoms with van der Waals surface area (Å²) in [6, 6.07) is 8.20. The van der Waals surface area contributed by atoms with Crippen molar-refractivity contribution in [2.45, 2.75) is 11.9 Å². The van der Waals surface area contributed by atoms with Crippen molar-refractivity contribution in [2.24, 2.45) is 0 Å². The zero-order chi connectivity index (χ0) is 9.26. The van der Waals surface area contributed by atoms with Crippen LogP contribution in [-0.2, 0) is 12.6 Å². The first kappa shape index (κ1) is 8.59. The molecule has 0 atom stereocenters. The Hall–Kier alpha value is -1.00. The molecule has 0 amide bonds. The first-order valence-corrected chi connectivity index (χ1v) is 5.02. The van der Waals surface area contributed by atoms with Crippen LogP contribution in [0.25, 0.3) is 10.4 Å². The van der Waals surface area contributed by atoms with Crippen molar-refractivity contribution in [3.63, 3.8) is 0 Å². The summed E-state index contributed by atoms with van der Waals surface area (Å²) in [5, 5.41) is 4.39. The first-order chi connectivity index (χ1) is 6.27. The van der Waals surface area contributed by atoms with Crippen molar-refractivity contribution in [3.8, 4) is 10.4 Å². The van der Waals surface area contributed by atoms with Gasteiger partial charge >= 0.3 is 0 Å². The average molecular weight is 207 g/mol. The van der Waals surface area contributed by atoms with E-state index in [0.717, 1.165) is 10.4 Å². The van der Waals surface area contributed by atoms with Gasteiger partial charge in [-0.3, -0.25) is 0 Å². The van der Waals surface area contributed by atoms with Crippen molar-refractivity contribution >= 4 is 24.2 Å². The van der Waals surface area contributed by atoms with Gasteiger partial charge < -0.3 is 12.6 Å². The Kier molecular flexibility index (Phi) is 2.24. The molecule has 0 saturated heterocycles. The number of aryl methyl sites for hydroxylation is 1. The van der Waals surface area contributed by atoms with Gasteiger partial charge in [0.05, 0.1) is 4.88 Å². The van der Waals surface area contributed by atoms with Crippen LogP contribution in [0.2, 0.25) is 0 Å². The lowest BCUT2D eigenvalue weighted by molar-refractivity contribution is 1.04. The molecule has 0 fully saturated rings. The SMILES string of the molecule is Cc1ccc(-c2snnc2[S-])cc1. The molecule has 0 N–H and O–H groups in total. The van der Waals surface area contributed by atoms with Gasteiger partial charge in [-0.05, 0) is 29.0 Å². The predicted molar refractivity (Wildman–Crippen MR) is 55.7 cm³/mol. The van der Waals surface area contributed by atoms with Crippen LogP contribution in [0.4, 0.5) is 0 Å². The first-order valence-electron chi connectivity index (χ1n) is 3.84. The molecule has 0 spiro atoms. The van der Waals surface area contributed by atoms with Gasteiger partial charge in [-0.25, -0.2) is 0 Å². The number of nitrogens with zero attached hydrogens (tertiary/aromatic N) is 2. The Balaban J connectivity index is 2.47. The molecule has 1 aromatic heterocycles. The monoisotopic (exact) mass is 207 g/mol. The van der Waals surface area contributed by atoms with Gasteiger partial charge in [-0.1, -0.05) is 34.3 Å². The Morgan fingerprint density at radius 3 is 2.46 bits per heavy atom. The number of aromatic nitrogens is 2. The lowest BCUT2D eigenvalue weighted by atomic mass is 10.1. The highest BCUT2D eigenvalue weighted by molar-refractivity contribution is 7.59. The van der Waals surface area contributed by atoms with E-state index in [1.165, 1.54) is 17.1 Å². The number of hydrogen-bond acceptors (Lipinski definition) is 4. The maximum atomic E-state index is 5.04. The summed E-state index contributed by atoms with van der Waals surface area (Å²) in [6.07, 6.45) is 0. The Morgan fingerprint density at radius 1 is 1.23 bits per heavy atom. The van der Waals surface area contributed by atoms with E-state index < -0.39 is 0 Å². The molecule has 66 valence electrons. The topological polar surface area (TPSA) is 25.8 Å². The van der Waals surface area contributed by atoms with Gasteiger partial charge in [0.25, 0.3) is 0 Å². The maximum Gasteiger partial charge on any atom is 0.0558 e. The van der Waals surface area contributed by atoms with Crippen LogP contribution in [0.1, 0.15) is 5.56 Å². The highest BCUT2D eigenvalue weighted by atomic mass is 32.1. The second kappa shape index (κ2) is 3.40. The molecular formula is C9H7N2S2-. The number of rotatable bonds is 1. The summed E-state index contributed by atoms with van der Waals surface area (Å²) < 4.78 is 3.81. The summed E-state index contributed by atoms with van der Waals surface area (Å²) in [4.78, 5) is 0.981. The summed E-state index contributed by atoms with van der Waals surface area (Å²) in [7, 11) is 0. The molecule has 2 rings (SSSR count). The van der Waals surface area contributed by atoms with Crippen molar-refractivity contribution < 1.29 is 0 Å². The molecule has 0 aliphatic rings. The van der Waals surface area contributed by atoms with Crippen LogP contribution in [0.15, 0.2) is 29.3 Å². The number of hydrogen-bond donors (Lipinski definition) is 0. The van der Waals surface area contributed by atoms with Gasteiger partial charge in [0.1, 0.15) is 0 Å². The molecule has 0 bridgehead atoms. The zero-order valence-corrected chi connectivity index (χ0v) is 8.65. The lowest BCUT2D eigenvalue weighted by Gasteiger charge is -2.03. The fourth-order valence-electron chi connectivity index (χ4n) is 1.06. The molecule has 13 heavy (non-hydrogen) atoms. The van der Waals surface area contributed by atoms with E-state index in [0.29, 0.717) is 5.03 Å². The second-order valence-corrected chi connectivity index (χ2v) is 3.91. The van der Waals surface area contributed by atoms with Gasteiger partial charge in [-0.15, -0.1) is 0 Å². The van der Waals surface area contributed by atoms with Crippen LogP contribution in [0.3, 0.4) is 0 Å². The molecule has 0 unspecified atom stereocenters. The molecule has 1 aromatic carbocycles. The van der Waals surface area contributed by atoms with E-state index in [1.54, 1.807) is 0 Å². The third-order valence-electron chi connectivity index (χ3n) is 1.77. The summed E-state index contributed by atoms with van der Waals surface area (Å²) in [6.45, 7) is 2.06. The Labute approximate surface area is 86.2 Å². The van der Waals surface area contributed by atoms with Gasteiger partial charge in [0.15, 0.2) is 0 Å². The summed E-state index contributed by atoms with van der Waals surface area (Å²) >= 11 is 6.38. The largest absolute Gasteiger partial charge is 0.757 e. The lowest BCUT2D eigenvalue weighted by Crippen LogP contribution is -1.77. The second-order valence-electron chi connectivity index (χ2n) is 2.77. The van der Waals surface area contributed by atoms with Crippen LogP contribution >= 0.6 is 11.5 Å². The van der Waals surface area contributed by atoms with E-state index >= 15 is 0 Å². The molecular weight excluding hydrogens is 200 g/mol. The third kappa shape index (κ3) is 1.68. The molecule has 0 aliphatic heterocycles. The summed E-state index contributed by atoms with van der Waals surface area (Å²) in [5.74, 6) is 0. The van der Waals surface area contributed by atoms with Crippen molar-refractivity contribution in [3.05, 3.63) is 29.8 Å². The average Bonchev–Trinajstić information content (AvgIpc) is 2.53. The molecule has 4 heteroatoms. The molecule has 2 aromatic rings. The maximum absolute atomic E-state index is 5.04. The van der Waals surface area contributed by atoms with Crippen LogP contribution in [0.5, 0.6) is 0 Å². The standard InChI is InChI=1S/C9H8N2S2/c1-6-2-4-7(5-3-6)8-9(12)10-11-13-8/h2-5,12H,1H3/p-1. The van der Waals surface area contributed by atoms with Crippen LogP contribution < -0.4 is 0 Å². The third-order valence-corrected chi connectivity index (χ3v) is 2.96. The molecule has 0 radical (unpaired) electrons. The van der Waals surface area contributed by atoms with E-state index in [1.807, 2.05) is 12.1 Å². The molecule has 1 heterocycles. The van der Waals surface area contributed by atoms with Crippen molar-refractivity contribution in [1.82, 2.24) is 9.59 Å². The van der Waals surface area contributed by atoms with Crippen LogP contribution in [0, 0.1) is 6.92 Å². The quantitative estimate of drug-likeness (QED) is 0.672. The van der Waals surface area contributed by atoms with E-state index in [-0.39, 0.29) is 0 Å². The molecule has 0 aliphatic carbocycles. The fraction of sp³-hybridized carbons (Fsp3) is 0.111. The summed E-state index contributed by atoms with van der Waals surface area (Å²) in [5.41, 5.74) is 2.35. The minimum atomic E-state index is 0.592. The highest BCUT2D eigenvalue weighted by Crippen LogP contribution is 2.25. The van der Waals surface area contributed by atoms with Gasteiger partial charge in [0.2, 0.25) is 0 Å². The predicted octanol–water partition coefficient (Wildman–Crippen LogP) is 2.42. The normalized spacial score (nSPS) is 10.2. The molecule has 2 nitrogen and oxygen atoms in total. The fourth-order valence-corrected chi connectivity index (χ4v) is 1.95. The van der Waals surface area contributed by atoms with Gasteiger partial charge in [0, 0.05) is 0 Å². The van der Waals surface area contributed by atoms with E-state index in [4.69, 9.17) is 12.6 Å². The van der Waals surface area contributed by atoms with E-state index in [2.05, 4.69) is 28.6 Å². The Morgan fingerprint density at radius 2 is 1.92 bits per heavy atom. The smallest absolute Gasteiger partial charge is 0.0558 e. The highest BCUT2D eigenvalue weighted by Gasteiger charge is 2.00. The number of benzene rings is 1. The van der Waals surface area contributed by atoms with Crippen LogP contribution in [-0.4, -0.2) is 9.59 Å². The Bertz CT molecular complexity index is 406. The van der Waals surface area contributed by atoms with Crippen molar-refractivity contribution in [1.29, 1.82) is 0 Å². The molecule has 0 saturated carbocycles. The minimum absolute atomic E-state index is 0.592. The van der Waals surface area contributed by atoms with E-state index in [9.17, 15) is 0 Å². The van der Waals surface area contributed by atoms with Crippen molar-refractivity contribution in [2.75, 3.05) is 0 Å². The minimum Gasteiger partial charge on any atom is -0.757 e. The zero-order valence-electron chi connectivity index (χ0n) is 7.02.